The second kappa shape index (κ2) is 6.48. The first kappa shape index (κ1) is 16.1. The van der Waals surface area contributed by atoms with Crippen molar-refractivity contribution < 1.29 is 4.79 Å². The summed E-state index contributed by atoms with van der Waals surface area (Å²) in [5.74, 6) is 6.81. The lowest BCUT2D eigenvalue weighted by atomic mass is 9.74. The van der Waals surface area contributed by atoms with E-state index >= 15 is 0 Å². The van der Waals surface area contributed by atoms with E-state index in [1.165, 1.54) is 10.6 Å². The number of urea groups is 1. The molecule has 2 amide bonds. The molecule has 1 aromatic carbocycles. The van der Waals surface area contributed by atoms with Crippen LogP contribution in [0.15, 0.2) is 54.9 Å². The number of pyridine rings is 1. The van der Waals surface area contributed by atoms with Crippen LogP contribution in [0.25, 0.3) is 0 Å². The molecular weight excluding hydrogens is 312 g/mol. The molecule has 25 heavy (non-hydrogen) atoms. The molecule has 1 spiro atoms. The standard InChI is InChI=1S/C20H24N4O/c21-24-19(25)23(14-16-5-4-12-22-13-16)15-20(24)10-8-18(9-11-20)17-6-2-1-3-7-17/h1-7,12-13,18H,8-11,14-15,21H2. The molecule has 2 N–H and O–H groups in total. The molecule has 0 bridgehead atoms. The highest BCUT2D eigenvalue weighted by molar-refractivity contribution is 5.77. The van der Waals surface area contributed by atoms with Crippen molar-refractivity contribution in [3.63, 3.8) is 0 Å². The lowest BCUT2D eigenvalue weighted by Crippen LogP contribution is -2.53. The van der Waals surface area contributed by atoms with Crippen molar-refractivity contribution in [1.29, 1.82) is 0 Å². The maximum absolute atomic E-state index is 12.6. The predicted molar refractivity (Wildman–Crippen MR) is 96.5 cm³/mol. The van der Waals surface area contributed by atoms with Crippen LogP contribution in [-0.2, 0) is 6.54 Å². The molecule has 1 saturated carbocycles. The van der Waals surface area contributed by atoms with E-state index < -0.39 is 0 Å². The second-order valence-electron chi connectivity index (χ2n) is 7.28. The number of aromatic nitrogens is 1. The topological polar surface area (TPSA) is 62.5 Å². The van der Waals surface area contributed by atoms with Crippen LogP contribution in [0.4, 0.5) is 4.79 Å². The number of hydrogen-bond acceptors (Lipinski definition) is 3. The molecule has 1 aromatic heterocycles. The summed E-state index contributed by atoms with van der Waals surface area (Å²) in [4.78, 5) is 18.6. The summed E-state index contributed by atoms with van der Waals surface area (Å²) in [7, 11) is 0. The fourth-order valence-corrected chi connectivity index (χ4v) is 4.30. The third-order valence-corrected chi connectivity index (χ3v) is 5.76. The highest BCUT2D eigenvalue weighted by Crippen LogP contribution is 2.43. The number of rotatable bonds is 3. The normalized spacial score (nSPS) is 26.4. The van der Waals surface area contributed by atoms with E-state index in [-0.39, 0.29) is 11.6 Å². The Bertz CT molecular complexity index is 726. The van der Waals surface area contributed by atoms with Gasteiger partial charge >= 0.3 is 6.03 Å². The van der Waals surface area contributed by atoms with Gasteiger partial charge in [-0.25, -0.2) is 10.6 Å². The minimum Gasteiger partial charge on any atom is -0.317 e. The molecule has 0 unspecified atom stereocenters. The van der Waals surface area contributed by atoms with Crippen molar-refractivity contribution in [2.45, 2.75) is 43.7 Å². The number of amides is 2. The first-order valence-electron chi connectivity index (χ1n) is 8.96. The summed E-state index contributed by atoms with van der Waals surface area (Å²) in [6.07, 6.45) is 7.62. The maximum atomic E-state index is 12.6. The number of hydrazine groups is 1. The van der Waals surface area contributed by atoms with Crippen LogP contribution in [0.2, 0.25) is 0 Å². The van der Waals surface area contributed by atoms with Crippen LogP contribution in [0.5, 0.6) is 0 Å². The zero-order valence-corrected chi connectivity index (χ0v) is 14.3. The molecule has 2 aromatic rings. The van der Waals surface area contributed by atoms with Gasteiger partial charge in [0.2, 0.25) is 0 Å². The lowest BCUT2D eigenvalue weighted by molar-refractivity contribution is 0.113. The molecule has 130 valence electrons. The Balaban J connectivity index is 1.45. The minimum absolute atomic E-state index is 0.0676. The number of benzene rings is 1. The van der Waals surface area contributed by atoms with Gasteiger partial charge in [0.15, 0.2) is 0 Å². The van der Waals surface area contributed by atoms with Crippen LogP contribution in [0.1, 0.15) is 42.7 Å². The van der Waals surface area contributed by atoms with Gasteiger partial charge in [-0.3, -0.25) is 9.99 Å². The number of carbonyl (C=O) groups excluding carboxylic acids is 1. The van der Waals surface area contributed by atoms with Gasteiger partial charge < -0.3 is 4.90 Å². The van der Waals surface area contributed by atoms with E-state index in [2.05, 4.69) is 35.3 Å². The van der Waals surface area contributed by atoms with Crippen molar-refractivity contribution in [1.82, 2.24) is 14.9 Å². The molecule has 4 rings (SSSR count). The van der Waals surface area contributed by atoms with Gasteiger partial charge in [-0.15, -0.1) is 0 Å². The third-order valence-electron chi connectivity index (χ3n) is 5.76. The SMILES string of the molecule is NN1C(=O)N(Cc2cccnc2)CC12CCC(c1ccccc1)CC2. The van der Waals surface area contributed by atoms with Gasteiger partial charge in [-0.05, 0) is 48.8 Å². The van der Waals surface area contributed by atoms with E-state index in [1.807, 2.05) is 23.2 Å². The Labute approximate surface area is 148 Å². The maximum Gasteiger partial charge on any atom is 0.335 e. The summed E-state index contributed by atoms with van der Waals surface area (Å²) in [5, 5.41) is 1.50. The van der Waals surface area contributed by atoms with Gasteiger partial charge in [0.05, 0.1) is 5.54 Å². The van der Waals surface area contributed by atoms with Gasteiger partial charge in [0, 0.05) is 25.5 Å². The Morgan fingerprint density at radius 3 is 2.56 bits per heavy atom. The summed E-state index contributed by atoms with van der Waals surface area (Å²) >= 11 is 0. The molecular formula is C20H24N4O. The zero-order chi connectivity index (χ0) is 17.3. The Morgan fingerprint density at radius 2 is 1.88 bits per heavy atom. The van der Waals surface area contributed by atoms with Crippen LogP contribution in [-0.4, -0.2) is 33.0 Å². The molecule has 2 fully saturated rings. The Morgan fingerprint density at radius 1 is 1.12 bits per heavy atom. The summed E-state index contributed by atoms with van der Waals surface area (Å²) < 4.78 is 0. The van der Waals surface area contributed by atoms with Crippen LogP contribution >= 0.6 is 0 Å². The van der Waals surface area contributed by atoms with Crippen molar-refractivity contribution in [2.75, 3.05) is 6.54 Å². The van der Waals surface area contributed by atoms with Crippen LogP contribution < -0.4 is 5.84 Å². The molecule has 2 heterocycles. The van der Waals surface area contributed by atoms with Crippen molar-refractivity contribution >= 4 is 6.03 Å². The highest BCUT2D eigenvalue weighted by Gasteiger charge is 2.50. The average molecular weight is 336 g/mol. The zero-order valence-electron chi connectivity index (χ0n) is 14.3. The molecule has 5 heteroatoms. The number of nitrogens with two attached hydrogens (primary N) is 1. The fourth-order valence-electron chi connectivity index (χ4n) is 4.30. The van der Waals surface area contributed by atoms with Gasteiger partial charge in [0.25, 0.3) is 0 Å². The second-order valence-corrected chi connectivity index (χ2v) is 7.28. The lowest BCUT2D eigenvalue weighted by Gasteiger charge is -2.40. The molecule has 1 aliphatic carbocycles. The van der Waals surface area contributed by atoms with Crippen LogP contribution in [0.3, 0.4) is 0 Å². The van der Waals surface area contributed by atoms with Crippen molar-refractivity contribution in [2.24, 2.45) is 5.84 Å². The monoisotopic (exact) mass is 336 g/mol. The van der Waals surface area contributed by atoms with E-state index in [0.717, 1.165) is 31.2 Å². The van der Waals surface area contributed by atoms with Gasteiger partial charge in [-0.2, -0.15) is 0 Å². The molecule has 1 aliphatic heterocycles. The number of hydrogen-bond donors (Lipinski definition) is 1. The average Bonchev–Trinajstić information content (AvgIpc) is 2.89. The predicted octanol–water partition coefficient (Wildman–Crippen LogP) is 3.29. The van der Waals surface area contributed by atoms with E-state index in [4.69, 9.17) is 5.84 Å². The van der Waals surface area contributed by atoms with Crippen LogP contribution in [0, 0.1) is 0 Å². The van der Waals surface area contributed by atoms with E-state index in [9.17, 15) is 4.79 Å². The van der Waals surface area contributed by atoms with Crippen molar-refractivity contribution in [3.05, 3.63) is 66.0 Å². The smallest absolute Gasteiger partial charge is 0.317 e. The fraction of sp³-hybridized carbons (Fsp3) is 0.400. The quantitative estimate of drug-likeness (QED) is 0.691. The Hall–Kier alpha value is -2.40. The van der Waals surface area contributed by atoms with Gasteiger partial charge in [-0.1, -0.05) is 36.4 Å². The largest absolute Gasteiger partial charge is 0.335 e. The summed E-state index contributed by atoms with van der Waals surface area (Å²) in [5.41, 5.74) is 2.22. The number of nitrogens with zero attached hydrogens (tertiary/aromatic N) is 3. The molecule has 5 nitrogen and oxygen atoms in total. The molecule has 2 aliphatic rings. The van der Waals surface area contributed by atoms with E-state index in [0.29, 0.717) is 19.0 Å². The molecule has 0 atom stereocenters. The third kappa shape index (κ3) is 3.00. The first-order valence-corrected chi connectivity index (χ1v) is 8.96. The Kier molecular flexibility index (Phi) is 4.17. The summed E-state index contributed by atoms with van der Waals surface area (Å²) in [6, 6.07) is 14.5. The van der Waals surface area contributed by atoms with Crippen molar-refractivity contribution in [3.8, 4) is 0 Å². The number of carbonyl (C=O) groups is 1. The summed E-state index contributed by atoms with van der Waals surface area (Å²) in [6.45, 7) is 1.28. The molecule has 0 radical (unpaired) electrons. The van der Waals surface area contributed by atoms with Gasteiger partial charge in [0.1, 0.15) is 0 Å². The highest BCUT2D eigenvalue weighted by atomic mass is 16.2. The first-order chi connectivity index (χ1) is 12.2. The molecule has 1 saturated heterocycles. The minimum atomic E-state index is -0.218. The van der Waals surface area contributed by atoms with E-state index in [1.54, 1.807) is 6.20 Å².